The molecule has 0 amide bonds. The number of likely N-dealkylation sites (tertiary alicyclic amines) is 1. The fourth-order valence-electron chi connectivity index (χ4n) is 2.57. The van der Waals surface area contributed by atoms with Crippen LogP contribution in [0, 0.1) is 11.7 Å². The van der Waals surface area contributed by atoms with Gasteiger partial charge in [-0.15, -0.1) is 0 Å². The van der Waals surface area contributed by atoms with E-state index >= 15 is 0 Å². The number of phenols is 1. The van der Waals surface area contributed by atoms with Crippen molar-refractivity contribution in [3.05, 3.63) is 29.6 Å². The van der Waals surface area contributed by atoms with Crippen LogP contribution in [-0.2, 0) is 6.54 Å². The molecule has 0 radical (unpaired) electrons. The molecule has 0 saturated carbocycles. The summed E-state index contributed by atoms with van der Waals surface area (Å²) in [7, 11) is 0. The van der Waals surface area contributed by atoms with Gasteiger partial charge in [-0.3, -0.25) is 4.90 Å². The molecule has 1 saturated heterocycles. The van der Waals surface area contributed by atoms with E-state index in [2.05, 4.69) is 11.8 Å². The molecule has 0 aromatic heterocycles. The summed E-state index contributed by atoms with van der Waals surface area (Å²) < 4.78 is 13.1. The predicted octanol–water partition coefficient (Wildman–Crippen LogP) is 1.70. The molecule has 4 heteroatoms. The lowest BCUT2D eigenvalue weighted by Crippen LogP contribution is -2.27. The van der Waals surface area contributed by atoms with Crippen LogP contribution in [0.5, 0.6) is 5.75 Å². The summed E-state index contributed by atoms with van der Waals surface area (Å²) in [5.74, 6) is 0.136. The van der Waals surface area contributed by atoms with Crippen LogP contribution in [0.1, 0.15) is 18.9 Å². The van der Waals surface area contributed by atoms with Crippen LogP contribution in [0.4, 0.5) is 4.39 Å². The Hall–Kier alpha value is -1.13. The second kappa shape index (κ2) is 5.02. The first-order valence-electron chi connectivity index (χ1n) is 6.01. The van der Waals surface area contributed by atoms with E-state index < -0.39 is 0 Å². The molecule has 3 nitrogen and oxygen atoms in total. The molecular weight excluding hydrogens is 219 g/mol. The Balaban J connectivity index is 2.05. The number of rotatable bonds is 3. The van der Waals surface area contributed by atoms with E-state index in [1.807, 2.05) is 0 Å². The van der Waals surface area contributed by atoms with E-state index in [1.54, 1.807) is 6.07 Å². The molecule has 2 atom stereocenters. The maximum absolute atomic E-state index is 13.1. The Morgan fingerprint density at radius 1 is 1.47 bits per heavy atom. The minimum Gasteiger partial charge on any atom is -0.508 e. The van der Waals surface area contributed by atoms with Crippen LogP contribution in [-0.4, -0.2) is 29.1 Å². The van der Waals surface area contributed by atoms with Crippen molar-refractivity contribution in [1.29, 1.82) is 0 Å². The largest absolute Gasteiger partial charge is 0.508 e. The number of benzene rings is 1. The van der Waals surface area contributed by atoms with E-state index in [1.165, 1.54) is 6.07 Å². The summed E-state index contributed by atoms with van der Waals surface area (Å²) in [6.45, 7) is 4.49. The first kappa shape index (κ1) is 12.3. The first-order valence-corrected chi connectivity index (χ1v) is 6.01. The molecule has 1 aromatic carbocycles. The molecule has 0 spiro atoms. The molecule has 1 heterocycles. The topological polar surface area (TPSA) is 49.5 Å². The maximum Gasteiger partial charge on any atom is 0.127 e. The number of hydrogen-bond donors (Lipinski definition) is 2. The van der Waals surface area contributed by atoms with Gasteiger partial charge in [0.1, 0.15) is 11.6 Å². The third-order valence-corrected chi connectivity index (χ3v) is 3.45. The van der Waals surface area contributed by atoms with Crippen molar-refractivity contribution in [2.75, 3.05) is 13.1 Å². The highest BCUT2D eigenvalue weighted by Gasteiger charge is 2.27. The first-order chi connectivity index (χ1) is 8.08. The Kier molecular flexibility index (Phi) is 3.64. The molecule has 1 aromatic rings. The zero-order chi connectivity index (χ0) is 12.4. The van der Waals surface area contributed by atoms with Crippen LogP contribution in [0.2, 0.25) is 0 Å². The van der Waals surface area contributed by atoms with Crippen molar-refractivity contribution in [2.45, 2.75) is 25.9 Å². The van der Waals surface area contributed by atoms with Gasteiger partial charge >= 0.3 is 0 Å². The summed E-state index contributed by atoms with van der Waals surface area (Å²) in [6, 6.07) is 4.68. The molecule has 0 bridgehead atoms. The molecule has 94 valence electrons. The van der Waals surface area contributed by atoms with Crippen molar-refractivity contribution in [3.63, 3.8) is 0 Å². The monoisotopic (exact) mass is 238 g/mol. The number of aromatic hydroxyl groups is 1. The molecule has 1 aliphatic rings. The second-order valence-electron chi connectivity index (χ2n) is 4.93. The van der Waals surface area contributed by atoms with E-state index in [9.17, 15) is 9.50 Å². The Bertz CT molecular complexity index is 377. The fraction of sp³-hybridized carbons (Fsp3) is 0.538. The molecule has 17 heavy (non-hydrogen) atoms. The lowest BCUT2D eigenvalue weighted by atomic mass is 10.1. The fourth-order valence-corrected chi connectivity index (χ4v) is 2.57. The summed E-state index contributed by atoms with van der Waals surface area (Å²) in [5.41, 5.74) is 6.49. The summed E-state index contributed by atoms with van der Waals surface area (Å²) in [6.07, 6.45) is 1.10. The average Bonchev–Trinajstić information content (AvgIpc) is 2.58. The van der Waals surface area contributed by atoms with Gasteiger partial charge in [0.15, 0.2) is 0 Å². The van der Waals surface area contributed by atoms with Gasteiger partial charge in [-0.1, -0.05) is 0 Å². The third kappa shape index (κ3) is 2.96. The normalized spacial score (nSPS) is 25.4. The Labute approximate surface area is 101 Å². The molecule has 1 aliphatic heterocycles. The number of halogens is 1. The van der Waals surface area contributed by atoms with Gasteiger partial charge in [-0.25, -0.2) is 4.39 Å². The van der Waals surface area contributed by atoms with Crippen LogP contribution in [0.3, 0.4) is 0 Å². The maximum atomic E-state index is 13.1. The minimum atomic E-state index is -0.387. The standard InChI is InChI=1S/C13H19FN2O/c1-9-2-11(6-15)8-16(9)7-10-3-12(14)5-13(17)4-10/h3-5,9,11,17H,2,6-8,15H2,1H3. The third-order valence-electron chi connectivity index (χ3n) is 3.45. The van der Waals surface area contributed by atoms with Gasteiger partial charge in [-0.05, 0) is 43.5 Å². The molecule has 2 unspecified atom stereocenters. The van der Waals surface area contributed by atoms with Gasteiger partial charge in [0.05, 0.1) is 0 Å². The zero-order valence-corrected chi connectivity index (χ0v) is 10.1. The Morgan fingerprint density at radius 2 is 2.24 bits per heavy atom. The SMILES string of the molecule is CC1CC(CN)CN1Cc1cc(O)cc(F)c1. The van der Waals surface area contributed by atoms with E-state index in [0.29, 0.717) is 25.0 Å². The number of nitrogens with zero attached hydrogens (tertiary/aromatic N) is 1. The van der Waals surface area contributed by atoms with E-state index in [4.69, 9.17) is 5.73 Å². The summed E-state index contributed by atoms with van der Waals surface area (Å²) >= 11 is 0. The van der Waals surface area contributed by atoms with Crippen molar-refractivity contribution in [3.8, 4) is 5.75 Å². The van der Waals surface area contributed by atoms with Gasteiger partial charge in [-0.2, -0.15) is 0 Å². The smallest absolute Gasteiger partial charge is 0.127 e. The highest BCUT2D eigenvalue weighted by Crippen LogP contribution is 2.25. The summed E-state index contributed by atoms with van der Waals surface area (Å²) in [5, 5.41) is 9.35. The van der Waals surface area contributed by atoms with Crippen molar-refractivity contribution in [1.82, 2.24) is 4.90 Å². The van der Waals surface area contributed by atoms with E-state index in [-0.39, 0.29) is 11.6 Å². The molecule has 1 fully saturated rings. The Morgan fingerprint density at radius 3 is 2.82 bits per heavy atom. The quantitative estimate of drug-likeness (QED) is 0.842. The molecule has 2 rings (SSSR count). The highest BCUT2D eigenvalue weighted by atomic mass is 19.1. The highest BCUT2D eigenvalue weighted by molar-refractivity contribution is 5.28. The van der Waals surface area contributed by atoms with Gasteiger partial charge < -0.3 is 10.8 Å². The number of hydrogen-bond acceptors (Lipinski definition) is 3. The van der Waals surface area contributed by atoms with Gasteiger partial charge in [0.2, 0.25) is 0 Å². The number of nitrogens with two attached hydrogens (primary N) is 1. The lowest BCUT2D eigenvalue weighted by Gasteiger charge is -2.21. The van der Waals surface area contributed by atoms with Crippen molar-refractivity contribution in [2.24, 2.45) is 11.7 Å². The van der Waals surface area contributed by atoms with Crippen molar-refractivity contribution >= 4 is 0 Å². The van der Waals surface area contributed by atoms with Crippen LogP contribution in [0.15, 0.2) is 18.2 Å². The second-order valence-corrected chi connectivity index (χ2v) is 4.93. The van der Waals surface area contributed by atoms with Crippen LogP contribution < -0.4 is 5.73 Å². The molecule has 3 N–H and O–H groups in total. The van der Waals surface area contributed by atoms with Crippen LogP contribution in [0.25, 0.3) is 0 Å². The minimum absolute atomic E-state index is 0.0118. The van der Waals surface area contributed by atoms with Gasteiger partial charge in [0.25, 0.3) is 0 Å². The van der Waals surface area contributed by atoms with Crippen LogP contribution >= 0.6 is 0 Å². The molecule has 0 aliphatic carbocycles. The van der Waals surface area contributed by atoms with Gasteiger partial charge in [0, 0.05) is 25.2 Å². The summed E-state index contributed by atoms with van der Waals surface area (Å²) in [4.78, 5) is 2.28. The zero-order valence-electron chi connectivity index (χ0n) is 10.1. The average molecular weight is 238 g/mol. The number of phenolic OH excluding ortho intramolecular Hbond substituents is 1. The molecular formula is C13H19FN2O. The predicted molar refractivity (Wildman–Crippen MR) is 65.1 cm³/mol. The van der Waals surface area contributed by atoms with Crippen molar-refractivity contribution < 1.29 is 9.50 Å². The lowest BCUT2D eigenvalue weighted by molar-refractivity contribution is 0.255. The van der Waals surface area contributed by atoms with E-state index in [0.717, 1.165) is 24.6 Å².